The van der Waals surface area contributed by atoms with Gasteiger partial charge in [-0.25, -0.2) is 0 Å². The van der Waals surface area contributed by atoms with Crippen LogP contribution in [0.1, 0.15) is 25.5 Å². The van der Waals surface area contributed by atoms with E-state index in [1.807, 2.05) is 30.5 Å². The Hall–Kier alpha value is -1.81. The van der Waals surface area contributed by atoms with Crippen LogP contribution in [0.4, 0.5) is 0 Å². The molecular weight excluding hydrogens is 228 g/mol. The van der Waals surface area contributed by atoms with Gasteiger partial charge in [0.1, 0.15) is 0 Å². The highest BCUT2D eigenvalue weighted by atomic mass is 16.5. The molecule has 0 unspecified atom stereocenters. The summed E-state index contributed by atoms with van der Waals surface area (Å²) < 4.78 is 4.82. The molecule has 18 heavy (non-hydrogen) atoms. The summed E-state index contributed by atoms with van der Waals surface area (Å²) in [7, 11) is 1.38. The van der Waals surface area contributed by atoms with Gasteiger partial charge >= 0.3 is 5.97 Å². The number of H-pyrrole nitrogens is 1. The second-order valence-electron chi connectivity index (χ2n) is 4.98. The molecule has 1 aromatic carbocycles. The monoisotopic (exact) mass is 246 g/mol. The molecule has 4 heteroatoms. The van der Waals surface area contributed by atoms with Crippen LogP contribution in [0.5, 0.6) is 0 Å². The molecule has 0 aliphatic heterocycles. The Kier molecular flexibility index (Phi) is 3.13. The number of benzene rings is 1. The van der Waals surface area contributed by atoms with Crippen molar-refractivity contribution in [2.45, 2.75) is 19.9 Å². The van der Waals surface area contributed by atoms with E-state index in [-0.39, 0.29) is 5.97 Å². The maximum absolute atomic E-state index is 11.8. The van der Waals surface area contributed by atoms with Gasteiger partial charge in [0.25, 0.3) is 0 Å². The van der Waals surface area contributed by atoms with Crippen molar-refractivity contribution in [3.05, 3.63) is 36.0 Å². The number of nitrogens with two attached hydrogens (primary N) is 1. The highest BCUT2D eigenvalue weighted by Gasteiger charge is 2.37. The lowest BCUT2D eigenvalue weighted by molar-refractivity contribution is -0.152. The summed E-state index contributed by atoms with van der Waals surface area (Å²) in [5.41, 5.74) is 7.46. The summed E-state index contributed by atoms with van der Waals surface area (Å²) in [6.07, 6.45) is 1.87. The molecular formula is C14H18N2O2. The Morgan fingerprint density at radius 2 is 2.11 bits per heavy atom. The zero-order valence-corrected chi connectivity index (χ0v) is 10.9. The molecule has 0 saturated carbocycles. The normalized spacial score (nSPS) is 13.6. The average molecular weight is 246 g/mol. The summed E-state index contributed by atoms with van der Waals surface area (Å²) in [4.78, 5) is 15.0. The summed E-state index contributed by atoms with van der Waals surface area (Å²) >= 11 is 0. The SMILES string of the molecule is COC(=O)C(C)(C)[C@H](N)c1cccc2[nH]ccc12. The fraction of sp³-hybridized carbons (Fsp3) is 0.357. The first-order valence-electron chi connectivity index (χ1n) is 5.88. The fourth-order valence-corrected chi connectivity index (χ4v) is 2.16. The third kappa shape index (κ3) is 1.88. The average Bonchev–Trinajstić information content (AvgIpc) is 2.84. The highest BCUT2D eigenvalue weighted by molar-refractivity contribution is 5.85. The largest absolute Gasteiger partial charge is 0.469 e. The molecule has 0 spiro atoms. The molecule has 0 amide bonds. The van der Waals surface area contributed by atoms with Crippen molar-refractivity contribution < 1.29 is 9.53 Å². The number of carbonyl (C=O) groups excluding carboxylic acids is 1. The predicted molar refractivity (Wildman–Crippen MR) is 71.0 cm³/mol. The number of ether oxygens (including phenoxy) is 1. The van der Waals surface area contributed by atoms with E-state index in [1.54, 1.807) is 13.8 Å². The molecule has 96 valence electrons. The van der Waals surface area contributed by atoms with Gasteiger partial charge in [-0.05, 0) is 31.5 Å². The number of methoxy groups -OCH3 is 1. The second-order valence-corrected chi connectivity index (χ2v) is 4.98. The van der Waals surface area contributed by atoms with Crippen LogP contribution >= 0.6 is 0 Å². The lowest BCUT2D eigenvalue weighted by atomic mass is 9.80. The molecule has 0 aliphatic rings. The summed E-state index contributed by atoms with van der Waals surface area (Å²) in [5, 5.41) is 1.04. The van der Waals surface area contributed by atoms with Gasteiger partial charge in [0, 0.05) is 23.1 Å². The van der Waals surface area contributed by atoms with Crippen molar-refractivity contribution in [1.82, 2.24) is 4.98 Å². The van der Waals surface area contributed by atoms with Gasteiger partial charge in [0.05, 0.1) is 12.5 Å². The third-order valence-electron chi connectivity index (χ3n) is 3.45. The van der Waals surface area contributed by atoms with Gasteiger partial charge < -0.3 is 15.5 Å². The second kappa shape index (κ2) is 4.46. The van der Waals surface area contributed by atoms with E-state index in [9.17, 15) is 4.79 Å². The molecule has 0 saturated heterocycles. The molecule has 0 fully saturated rings. The van der Waals surface area contributed by atoms with Crippen LogP contribution in [0.2, 0.25) is 0 Å². The van der Waals surface area contributed by atoms with Crippen molar-refractivity contribution in [1.29, 1.82) is 0 Å². The standard InChI is InChI=1S/C14H18N2O2/c1-14(2,13(17)18-3)12(15)10-5-4-6-11-9(10)7-8-16-11/h4-8,12,16H,15H2,1-3H3/t12-/m1/s1. The quantitative estimate of drug-likeness (QED) is 0.817. The van der Waals surface area contributed by atoms with E-state index in [0.717, 1.165) is 16.5 Å². The Morgan fingerprint density at radius 1 is 1.39 bits per heavy atom. The van der Waals surface area contributed by atoms with Gasteiger partial charge in [0.15, 0.2) is 0 Å². The lowest BCUT2D eigenvalue weighted by Gasteiger charge is -2.29. The topological polar surface area (TPSA) is 68.1 Å². The van der Waals surface area contributed by atoms with E-state index in [2.05, 4.69) is 4.98 Å². The number of fused-ring (bicyclic) bond motifs is 1. The molecule has 4 nitrogen and oxygen atoms in total. The number of aromatic amines is 1. The molecule has 1 atom stereocenters. The maximum atomic E-state index is 11.8. The number of nitrogens with one attached hydrogen (secondary N) is 1. The van der Waals surface area contributed by atoms with Crippen LogP contribution in [-0.2, 0) is 9.53 Å². The zero-order chi connectivity index (χ0) is 13.3. The highest BCUT2D eigenvalue weighted by Crippen LogP contribution is 2.35. The number of carbonyl (C=O) groups is 1. The summed E-state index contributed by atoms with van der Waals surface area (Å²) in [5.74, 6) is -0.303. The van der Waals surface area contributed by atoms with Crippen LogP contribution in [0.15, 0.2) is 30.5 Å². The Labute approximate surface area is 106 Å². The molecule has 2 aromatic rings. The number of esters is 1. The smallest absolute Gasteiger partial charge is 0.313 e. The zero-order valence-electron chi connectivity index (χ0n) is 10.9. The van der Waals surface area contributed by atoms with Crippen molar-refractivity contribution in [2.24, 2.45) is 11.1 Å². The minimum absolute atomic E-state index is 0.303. The van der Waals surface area contributed by atoms with Gasteiger partial charge in [-0.2, -0.15) is 0 Å². The van der Waals surface area contributed by atoms with Gasteiger partial charge in [-0.15, -0.1) is 0 Å². The number of hydrogen-bond donors (Lipinski definition) is 2. The van der Waals surface area contributed by atoms with E-state index in [1.165, 1.54) is 7.11 Å². The van der Waals surface area contributed by atoms with Gasteiger partial charge in [0.2, 0.25) is 0 Å². The first kappa shape index (κ1) is 12.6. The first-order valence-corrected chi connectivity index (χ1v) is 5.88. The number of aromatic nitrogens is 1. The number of rotatable bonds is 3. The molecule has 1 heterocycles. The Bertz CT molecular complexity index is 572. The summed E-state index contributed by atoms with van der Waals surface area (Å²) in [6.45, 7) is 3.60. The molecule has 0 bridgehead atoms. The van der Waals surface area contributed by atoms with Crippen LogP contribution < -0.4 is 5.73 Å². The van der Waals surface area contributed by atoms with Crippen molar-refractivity contribution in [2.75, 3.05) is 7.11 Å². The van der Waals surface area contributed by atoms with Crippen molar-refractivity contribution in [3.63, 3.8) is 0 Å². The summed E-state index contributed by atoms with van der Waals surface area (Å²) in [6, 6.07) is 7.42. The fourth-order valence-electron chi connectivity index (χ4n) is 2.16. The molecule has 1 aromatic heterocycles. The van der Waals surface area contributed by atoms with Gasteiger partial charge in [-0.1, -0.05) is 12.1 Å². The Morgan fingerprint density at radius 3 is 2.78 bits per heavy atom. The third-order valence-corrected chi connectivity index (χ3v) is 3.45. The van der Waals surface area contributed by atoms with Gasteiger partial charge in [-0.3, -0.25) is 4.79 Å². The van der Waals surface area contributed by atoms with Crippen LogP contribution in [-0.4, -0.2) is 18.1 Å². The number of hydrogen-bond acceptors (Lipinski definition) is 3. The van der Waals surface area contributed by atoms with Crippen molar-refractivity contribution in [3.8, 4) is 0 Å². The minimum atomic E-state index is -0.764. The molecule has 0 radical (unpaired) electrons. The van der Waals surface area contributed by atoms with E-state index < -0.39 is 11.5 Å². The maximum Gasteiger partial charge on any atom is 0.313 e. The van der Waals surface area contributed by atoms with Crippen molar-refractivity contribution >= 4 is 16.9 Å². The van der Waals surface area contributed by atoms with E-state index in [4.69, 9.17) is 10.5 Å². The minimum Gasteiger partial charge on any atom is -0.469 e. The van der Waals surface area contributed by atoms with E-state index in [0.29, 0.717) is 0 Å². The van der Waals surface area contributed by atoms with Crippen LogP contribution in [0, 0.1) is 5.41 Å². The van der Waals surface area contributed by atoms with E-state index >= 15 is 0 Å². The molecule has 2 rings (SSSR count). The predicted octanol–water partition coefficient (Wildman–Crippen LogP) is 2.37. The van der Waals surface area contributed by atoms with Crippen LogP contribution in [0.25, 0.3) is 10.9 Å². The molecule has 3 N–H and O–H groups in total. The first-order chi connectivity index (χ1) is 8.48. The Balaban J connectivity index is 2.48. The van der Waals surface area contributed by atoms with Crippen LogP contribution in [0.3, 0.4) is 0 Å². The lowest BCUT2D eigenvalue weighted by Crippen LogP contribution is -2.37. The molecule has 0 aliphatic carbocycles.